The van der Waals surface area contributed by atoms with Crippen molar-refractivity contribution in [2.24, 2.45) is 35.5 Å². The molecule has 15 nitrogen and oxygen atoms in total. The Kier molecular flexibility index (Phi) is 9.90. The SMILES string of the molecule is [B]C1C(O)C(O)C2C3C4OOC5C(O)C6C(C7OOC(C(O)C3N(c3cccc(-c8ccccc8)c3)C2C1O)C4C57)C1C(O)C(O)C(O)C(O)C1N6c1ccc(-c2ccccc2)cc1. The molecule has 0 spiro atoms. The summed E-state index contributed by atoms with van der Waals surface area (Å²) in [6, 6.07) is 30.9. The van der Waals surface area contributed by atoms with Crippen molar-refractivity contribution in [3.63, 3.8) is 0 Å². The molecule has 24 atom stereocenters. The van der Waals surface area contributed by atoms with Gasteiger partial charge in [0.25, 0.3) is 0 Å². The Hall–Kier alpha value is -3.98. The van der Waals surface area contributed by atoms with Crippen LogP contribution >= 0.6 is 0 Å². The van der Waals surface area contributed by atoms with E-state index in [0.29, 0.717) is 11.4 Å². The van der Waals surface area contributed by atoms with Crippen molar-refractivity contribution >= 4 is 19.2 Å². The number of aliphatic hydroxyl groups is 9. The van der Waals surface area contributed by atoms with Crippen molar-refractivity contribution in [3.05, 3.63) is 109 Å². The molecule has 9 N–H and O–H groups in total. The van der Waals surface area contributed by atoms with Crippen molar-refractivity contribution in [1.29, 1.82) is 0 Å². The van der Waals surface area contributed by atoms with E-state index < -0.39 is 145 Å². The summed E-state index contributed by atoms with van der Waals surface area (Å²) in [7, 11) is 6.42. The molecule has 16 heteroatoms. The fraction of sp³-hybridized carbons (Fsp3) is 0.500. The standard InChI is InChI=1S/C48H51BN2O13/c49-31-38(54)32-25(36(52)39(31)55)27-35(51(32)24-13-7-12-22(18-24)20-10-5-2-6-11-20)42(58)48-29-30-46(62-64-48)28-26-33(40(56)44(60)43(59)37(26)53)50(34(28)41(57)47(30)63-61-45(27)29)23-16-14-21(15-17-23)19-8-3-1-4-9-19/h1-18,25-48,52-60H. The van der Waals surface area contributed by atoms with Gasteiger partial charge in [-0.15, -0.1) is 0 Å². The van der Waals surface area contributed by atoms with Crippen LogP contribution in [0.3, 0.4) is 0 Å². The molecule has 0 aromatic heterocycles. The van der Waals surface area contributed by atoms with Crippen molar-refractivity contribution in [2.75, 3.05) is 9.80 Å². The van der Waals surface area contributed by atoms with E-state index in [4.69, 9.17) is 27.4 Å². The third-order valence-electron chi connectivity index (χ3n) is 16.6. The Morgan fingerprint density at radius 1 is 0.328 bits per heavy atom. The van der Waals surface area contributed by atoms with Gasteiger partial charge in [-0.2, -0.15) is 0 Å². The number of benzene rings is 4. The van der Waals surface area contributed by atoms with Crippen molar-refractivity contribution in [2.45, 2.75) is 109 Å². The third kappa shape index (κ3) is 5.69. The summed E-state index contributed by atoms with van der Waals surface area (Å²) in [6.07, 6.45) is -17.7. The van der Waals surface area contributed by atoms with E-state index in [1.54, 1.807) is 4.90 Å². The Labute approximate surface area is 369 Å². The van der Waals surface area contributed by atoms with Gasteiger partial charge in [-0.05, 0) is 52.3 Å². The maximum atomic E-state index is 12.7. The number of nitrogens with zero attached hydrogens (tertiary/aromatic N) is 2. The summed E-state index contributed by atoms with van der Waals surface area (Å²) in [5, 5.41) is 107. The third-order valence-corrected chi connectivity index (χ3v) is 16.6. The van der Waals surface area contributed by atoms with Gasteiger partial charge in [0.1, 0.15) is 54.9 Å². The Bertz CT molecular complexity index is 2350. The predicted octanol–water partition coefficient (Wildman–Crippen LogP) is 0.190. The van der Waals surface area contributed by atoms with Gasteiger partial charge in [0.15, 0.2) is 0 Å². The lowest BCUT2D eigenvalue weighted by Gasteiger charge is -2.61. The summed E-state index contributed by atoms with van der Waals surface area (Å²) in [5.41, 5.74) is 4.89. The highest BCUT2D eigenvalue weighted by Crippen LogP contribution is 2.63. The highest BCUT2D eigenvalue weighted by atomic mass is 17.2. The molecular formula is C48H51BN2O13. The first-order chi connectivity index (χ1) is 31.0. The second-order valence-corrected chi connectivity index (χ2v) is 19.3. The van der Waals surface area contributed by atoms with Gasteiger partial charge in [-0.3, -0.25) is 0 Å². The summed E-state index contributed by atoms with van der Waals surface area (Å²) < 4.78 is 0. The average molecular weight is 875 g/mol. The van der Waals surface area contributed by atoms with E-state index in [1.165, 1.54) is 0 Å². The minimum absolute atomic E-state index is 0.574. The second kappa shape index (κ2) is 15.3. The molecule has 4 aliphatic carbocycles. The van der Waals surface area contributed by atoms with Crippen molar-refractivity contribution < 1.29 is 65.5 Å². The first-order valence-electron chi connectivity index (χ1n) is 22.4. The van der Waals surface area contributed by atoms with Crippen LogP contribution in [0, 0.1) is 35.5 Å². The first-order valence-corrected chi connectivity index (χ1v) is 22.4. The van der Waals surface area contributed by atoms with E-state index >= 15 is 0 Å². The van der Waals surface area contributed by atoms with Crippen LogP contribution in [0.1, 0.15) is 0 Å². The molecule has 4 aromatic rings. The molecule has 64 heavy (non-hydrogen) atoms. The molecule has 8 fully saturated rings. The molecule has 4 saturated carbocycles. The Morgan fingerprint density at radius 2 is 0.750 bits per heavy atom. The lowest BCUT2D eigenvalue weighted by molar-refractivity contribution is -0.513. The van der Waals surface area contributed by atoms with Crippen LogP contribution in [0.25, 0.3) is 22.3 Å². The number of anilines is 2. The molecular weight excluding hydrogens is 823 g/mol. The summed E-state index contributed by atoms with van der Waals surface area (Å²) >= 11 is 0. The van der Waals surface area contributed by atoms with Gasteiger partial charge < -0.3 is 55.8 Å². The minimum atomic E-state index is -1.72. The van der Waals surface area contributed by atoms with Gasteiger partial charge >= 0.3 is 0 Å². The number of rotatable bonds is 4. The van der Waals surface area contributed by atoms with Gasteiger partial charge in [-0.1, -0.05) is 84.9 Å². The molecule has 4 aliphatic heterocycles. The van der Waals surface area contributed by atoms with E-state index in [-0.39, 0.29) is 0 Å². The monoisotopic (exact) mass is 874 g/mol. The van der Waals surface area contributed by atoms with Gasteiger partial charge in [0.05, 0.1) is 56.4 Å². The van der Waals surface area contributed by atoms with Crippen molar-refractivity contribution in [3.8, 4) is 22.3 Å². The zero-order chi connectivity index (χ0) is 44.0. The molecule has 2 radical (unpaired) electrons. The van der Waals surface area contributed by atoms with E-state index in [2.05, 4.69) is 0 Å². The van der Waals surface area contributed by atoms with E-state index in [9.17, 15) is 46.0 Å². The normalized spacial score (nSPS) is 47.5. The van der Waals surface area contributed by atoms with Crippen LogP contribution in [0.2, 0.25) is 5.82 Å². The Morgan fingerprint density at radius 3 is 1.31 bits per heavy atom. The highest BCUT2D eigenvalue weighted by Gasteiger charge is 2.76. The fourth-order valence-electron chi connectivity index (χ4n) is 14.0. The van der Waals surface area contributed by atoms with Gasteiger partial charge in [0, 0.05) is 46.9 Å². The largest absolute Gasteiger partial charge is 0.391 e. The van der Waals surface area contributed by atoms with Crippen LogP contribution in [0.4, 0.5) is 11.4 Å². The maximum absolute atomic E-state index is 12.7. The van der Waals surface area contributed by atoms with Crippen LogP contribution in [0.5, 0.6) is 0 Å². The van der Waals surface area contributed by atoms with E-state index in [1.807, 2.05) is 114 Å². The molecule has 8 aliphatic rings. The molecule has 4 aromatic carbocycles. The topological polar surface area (TPSA) is 225 Å². The number of aliphatic hydroxyl groups excluding tert-OH is 9. The first kappa shape index (κ1) is 41.5. The molecule has 0 bridgehead atoms. The average Bonchev–Trinajstić information content (AvgIpc) is 3.89. The summed E-state index contributed by atoms with van der Waals surface area (Å²) in [4.78, 5) is 29.1. The number of hydrogen-bond acceptors (Lipinski definition) is 15. The van der Waals surface area contributed by atoms with Crippen molar-refractivity contribution in [1.82, 2.24) is 0 Å². The fourth-order valence-corrected chi connectivity index (χ4v) is 14.0. The molecule has 0 amide bonds. The molecule has 4 saturated heterocycles. The molecule has 334 valence electrons. The zero-order valence-corrected chi connectivity index (χ0v) is 34.4. The zero-order valence-electron chi connectivity index (χ0n) is 34.4. The Balaban J connectivity index is 0.947. The van der Waals surface area contributed by atoms with Gasteiger partial charge in [-0.25, -0.2) is 19.6 Å². The summed E-state index contributed by atoms with van der Waals surface area (Å²) in [6.45, 7) is 0. The van der Waals surface area contributed by atoms with Crippen LogP contribution in [-0.2, 0) is 19.6 Å². The summed E-state index contributed by atoms with van der Waals surface area (Å²) in [5.74, 6) is -6.28. The highest BCUT2D eigenvalue weighted by molar-refractivity contribution is 6.12. The smallest absolute Gasteiger partial charge is 0.127 e. The minimum Gasteiger partial charge on any atom is -0.391 e. The van der Waals surface area contributed by atoms with Crippen LogP contribution in [0.15, 0.2) is 109 Å². The lowest BCUT2D eigenvalue weighted by Crippen LogP contribution is -2.75. The molecule has 12 rings (SSSR count). The van der Waals surface area contributed by atoms with Crippen LogP contribution < -0.4 is 9.80 Å². The van der Waals surface area contributed by atoms with Crippen LogP contribution in [-0.4, -0.2) is 157 Å². The molecule has 24 unspecified atom stereocenters. The predicted molar refractivity (Wildman–Crippen MR) is 228 cm³/mol. The van der Waals surface area contributed by atoms with E-state index in [0.717, 1.165) is 22.3 Å². The second-order valence-electron chi connectivity index (χ2n) is 19.3. The van der Waals surface area contributed by atoms with Gasteiger partial charge in [0.2, 0.25) is 0 Å². The lowest BCUT2D eigenvalue weighted by atomic mass is 9.54. The number of hydrogen-bond donors (Lipinski definition) is 9. The number of fused-ring (bicyclic) bond motifs is 8. The molecule has 4 heterocycles. The maximum Gasteiger partial charge on any atom is 0.127 e. The quantitative estimate of drug-likeness (QED) is 0.0987.